The van der Waals surface area contributed by atoms with E-state index in [9.17, 15) is 84.9 Å². The van der Waals surface area contributed by atoms with Crippen LogP contribution in [-0.2, 0) is 52.3 Å². The molecule has 0 unspecified atom stereocenters. The number of aldehydes is 2. The van der Waals surface area contributed by atoms with Gasteiger partial charge in [-0.15, -0.1) is 0 Å². The summed E-state index contributed by atoms with van der Waals surface area (Å²) in [5, 5.41) is 138. The number of amides is 1. The van der Waals surface area contributed by atoms with Crippen molar-refractivity contribution in [2.24, 2.45) is 22.5 Å². The number of esters is 3. The predicted molar refractivity (Wildman–Crippen MR) is 405 cm³/mol. The van der Waals surface area contributed by atoms with Gasteiger partial charge in [0.05, 0.1) is 95.1 Å². The van der Waals surface area contributed by atoms with Gasteiger partial charge in [-0.05, 0) is 46.3 Å². The quantitative estimate of drug-likeness (QED) is 0.00286. The lowest BCUT2D eigenvalue weighted by Crippen LogP contribution is -2.33. The smallest absolute Gasteiger partial charge is 0.343 e. The molecule has 4 aliphatic rings. The zero-order chi connectivity index (χ0) is 87.8. The van der Waals surface area contributed by atoms with Gasteiger partial charge in [-0.3, -0.25) is 33.3 Å². The maximum atomic E-state index is 12.3. The molecule has 25 N–H and O–H groups in total. The van der Waals surface area contributed by atoms with Gasteiger partial charge in [0, 0.05) is 25.7 Å². The van der Waals surface area contributed by atoms with Crippen LogP contribution in [0.4, 0.5) is 29.2 Å². The third kappa shape index (κ3) is 19.6. The molecule has 10 aromatic rings. The highest BCUT2D eigenvalue weighted by atomic mass is 35.5. The van der Waals surface area contributed by atoms with Gasteiger partial charge in [-0.1, -0.05) is 0 Å². The number of ether oxygens (including phenoxy) is 7. The topological polar surface area (TPSA) is 807 Å². The van der Waals surface area contributed by atoms with E-state index in [1.807, 2.05) is 0 Å². The molecule has 14 rings (SSSR count). The first-order valence-electron chi connectivity index (χ1n) is 35.6. The van der Waals surface area contributed by atoms with Crippen molar-refractivity contribution >= 4 is 128 Å². The standard InChI is InChI=1S/C23H27N7O9.C15H18N8O5.C10H12ClN5O4.C10H15N7O4.C6H8O4.CH5N/c1-4-37-21(35)12-6-26-30(8-12)23-27-18(24-7-13(11(3)32)22(36)38-5-2)15-19(28-23)29(10-25-15)20-17(34)16(33)14(9-31)39-20;1-17-13(27)6-2-19-23(3-6)15-20-11(16)8-12(21-15)22(5-18-8)14-10(26)9(25)7(4-24)28-14;11-10-14-7(12)4-8(15-10)16(2-13-4)9-6(19)5(18)3(1-17)20-9;11-7-4-8(15-10(14-7)16-12)17(2-13-4)9-6(20)5(19)3(1-18)21-9;1-2-10-6(9)5(3-7)4-8;1-2/h6-8,10,14,16-17,20,31-34H,4-5,9H2,1-3H3;2-3,5,7,9-10,14,24-26H,4H2,1H3,(H,17,27)(H2,16,20,21);2-3,5-6,9,17-19H,1H2,(H2,12,14,15);2-3,5-6,9,18-20H,1,12H2,(H3,11,14,15,16);3-5H,2H2,1H3;2H2,1H3/t14-,16-,17-,20-;7-,9-,10-,14-;2*3-,5-,6-,9-;;/m1111../s1. The van der Waals surface area contributed by atoms with Crippen LogP contribution < -0.4 is 39.5 Å². The zero-order valence-corrected chi connectivity index (χ0v) is 64.6. The largest absolute Gasteiger partial charge is 0.512 e. The number of halogens is 1. The lowest BCUT2D eigenvalue weighted by molar-refractivity contribution is -0.150. The minimum absolute atomic E-state index is 0.0579. The maximum Gasteiger partial charge on any atom is 0.343 e. The van der Waals surface area contributed by atoms with Crippen LogP contribution in [0.15, 0.2) is 66.4 Å². The SMILES string of the molecule is CCOC(=O)C(C=Nc1nc(-n2cc(C(=O)OCC)cn2)nc2c1ncn2[C@@H]1O[C@H](CO)[C@@H](O)[C@H]1O)=C(C)O.CCOC(=O)C(C=O)C=O.CN.CNC(=O)c1cnn(-c2nc(N)c3ncn([C@@H]4O[C@H](CO)[C@@H](O)[C@H]4O)c3n2)c1.NNc1nc(N)c2ncn([C@@H]3O[C@H](CO)[C@@H](O)[C@H]3O)c2n1.Nc1nc(Cl)nc2c1ncn2[C@@H]1O[C@H](CO)[C@@H](O)[C@H]1O. The van der Waals surface area contributed by atoms with E-state index >= 15 is 0 Å². The minimum Gasteiger partial charge on any atom is -0.512 e. The number of hydrogen-bond donors (Lipinski definition) is 20. The van der Waals surface area contributed by atoms with Crippen molar-refractivity contribution in [2.45, 2.75) is 126 Å². The Kier molecular flexibility index (Phi) is 31.3. The van der Waals surface area contributed by atoms with Gasteiger partial charge >= 0.3 is 17.9 Å². The van der Waals surface area contributed by atoms with Gasteiger partial charge in [0.1, 0.15) is 114 Å². The number of anilines is 4. The predicted octanol–water partition coefficient (Wildman–Crippen LogP) is -7.42. The van der Waals surface area contributed by atoms with Crippen LogP contribution in [0, 0.1) is 5.92 Å². The van der Waals surface area contributed by atoms with E-state index in [4.69, 9.17) is 73.3 Å². The molecule has 55 heteroatoms. The van der Waals surface area contributed by atoms with Gasteiger partial charge < -0.3 is 137 Å². The van der Waals surface area contributed by atoms with E-state index in [0.29, 0.717) is 16.6 Å². The summed E-state index contributed by atoms with van der Waals surface area (Å²) in [4.78, 5) is 120. The number of nitrogens with zero attached hydrogens (tertiary/aromatic N) is 21. The Labute approximate surface area is 678 Å². The van der Waals surface area contributed by atoms with Crippen LogP contribution in [-0.4, -0.2) is 340 Å². The molecule has 648 valence electrons. The van der Waals surface area contributed by atoms with Crippen molar-refractivity contribution in [3.8, 4) is 11.9 Å². The van der Waals surface area contributed by atoms with Gasteiger partial charge in [0.15, 0.2) is 82.2 Å². The Morgan fingerprint density at radius 2 is 0.925 bits per heavy atom. The Bertz CT molecular complexity index is 5280. The van der Waals surface area contributed by atoms with Crippen molar-refractivity contribution < 1.29 is 128 Å². The molecular weight excluding hydrogens is 1620 g/mol. The van der Waals surface area contributed by atoms with Crippen LogP contribution >= 0.6 is 11.6 Å². The van der Waals surface area contributed by atoms with Crippen molar-refractivity contribution in [1.29, 1.82) is 0 Å². The van der Waals surface area contributed by atoms with Gasteiger partial charge in [0.2, 0.25) is 11.2 Å². The molecule has 14 heterocycles. The van der Waals surface area contributed by atoms with Crippen LogP contribution in [0.2, 0.25) is 5.28 Å². The van der Waals surface area contributed by atoms with Crippen LogP contribution in [0.25, 0.3) is 56.6 Å². The molecule has 4 fully saturated rings. The molecule has 0 radical (unpaired) electrons. The normalized spacial score (nSPS) is 23.8. The summed E-state index contributed by atoms with van der Waals surface area (Å²) in [5.41, 5.74) is 26.2. The second-order valence-corrected chi connectivity index (χ2v) is 25.4. The molecule has 54 nitrogen and oxygen atoms in total. The van der Waals surface area contributed by atoms with E-state index in [2.05, 4.69) is 96.2 Å². The number of imidazole rings is 4. The van der Waals surface area contributed by atoms with Gasteiger partial charge in [-0.2, -0.15) is 50.1 Å². The maximum absolute atomic E-state index is 12.3. The zero-order valence-electron chi connectivity index (χ0n) is 63.9. The Morgan fingerprint density at radius 1 is 0.542 bits per heavy atom. The molecule has 16 atom stereocenters. The molecule has 0 aromatic carbocycles. The summed E-state index contributed by atoms with van der Waals surface area (Å²) >= 11 is 5.74. The molecule has 4 aliphatic heterocycles. The second-order valence-electron chi connectivity index (χ2n) is 25.1. The lowest BCUT2D eigenvalue weighted by atomic mass is 10.1. The van der Waals surface area contributed by atoms with Crippen molar-refractivity contribution in [1.82, 2.24) is 103 Å². The van der Waals surface area contributed by atoms with Gasteiger partial charge in [0.25, 0.3) is 17.8 Å². The average molecular weight is 1710 g/mol. The number of aliphatic imine (C=N–C) groups is 1. The second kappa shape index (κ2) is 41.0. The molecule has 0 aliphatic carbocycles. The molecule has 10 aromatic heterocycles. The van der Waals surface area contributed by atoms with Crippen molar-refractivity contribution in [2.75, 3.05) is 83.0 Å². The molecule has 120 heavy (non-hydrogen) atoms. The van der Waals surface area contributed by atoms with E-state index in [-0.39, 0.29) is 135 Å². The highest BCUT2D eigenvalue weighted by Gasteiger charge is 2.48. The van der Waals surface area contributed by atoms with E-state index in [1.165, 1.54) is 98.7 Å². The molecular formula is C65H85ClN28O26. The average Bonchev–Trinajstić information content (AvgIpc) is 1.68. The van der Waals surface area contributed by atoms with E-state index in [0.717, 1.165) is 6.21 Å². The number of allylic oxidation sites excluding steroid dienone is 1. The first-order chi connectivity index (χ1) is 57.5. The summed E-state index contributed by atoms with van der Waals surface area (Å²) in [7, 11) is 3.00. The van der Waals surface area contributed by atoms with E-state index in [1.54, 1.807) is 20.8 Å². The number of carbonyl (C=O) groups is 6. The summed E-state index contributed by atoms with van der Waals surface area (Å²) in [6, 6.07) is 0. The summed E-state index contributed by atoms with van der Waals surface area (Å²) in [5.74, 6) is 1.41. The van der Waals surface area contributed by atoms with Crippen LogP contribution in [0.3, 0.4) is 0 Å². The molecule has 4 saturated heterocycles. The fraction of sp³-hybridized carbons (Fsp3) is 0.462. The first-order valence-corrected chi connectivity index (χ1v) is 36.0. The van der Waals surface area contributed by atoms with Crippen LogP contribution in [0.1, 0.15) is 73.3 Å². The number of aromatic nitrogens is 20. The summed E-state index contributed by atoms with van der Waals surface area (Å²) in [6.45, 7) is 4.74. The number of aliphatic hydroxyl groups is 13. The number of fused-ring (bicyclic) bond motifs is 4. The molecule has 0 bridgehead atoms. The van der Waals surface area contributed by atoms with Crippen LogP contribution in [0.5, 0.6) is 0 Å². The number of nitrogens with two attached hydrogens (primary N) is 5. The highest BCUT2D eigenvalue weighted by Crippen LogP contribution is 2.37. The first kappa shape index (κ1) is 91.7. The number of nitrogen functional groups attached to an aromatic ring is 4. The number of rotatable bonds is 22. The number of carbonyl (C=O) groups excluding carboxylic acids is 6. The third-order valence-corrected chi connectivity index (χ3v) is 17.8. The fourth-order valence-electron chi connectivity index (χ4n) is 11.7. The lowest BCUT2D eigenvalue weighted by Gasteiger charge is -2.16. The van der Waals surface area contributed by atoms with Gasteiger partial charge in [-0.25, -0.2) is 49.7 Å². The molecule has 0 spiro atoms. The number of hydrazine groups is 1. The Hall–Kier alpha value is -12.2. The fourth-order valence-corrected chi connectivity index (χ4v) is 11.8. The summed E-state index contributed by atoms with van der Waals surface area (Å²) < 4.78 is 44.2. The number of nitrogens with one attached hydrogen (secondary N) is 2. The monoisotopic (exact) mass is 1710 g/mol. The molecule has 0 saturated carbocycles. The minimum atomic E-state index is -1.43. The summed E-state index contributed by atoms with van der Waals surface area (Å²) in [6.07, 6.45) is -5.91. The number of aliphatic hydroxyl groups excluding tert-OH is 13. The third-order valence-electron chi connectivity index (χ3n) is 17.6. The van der Waals surface area contributed by atoms with Crippen molar-refractivity contribution in [3.05, 3.63) is 77.8 Å². The van der Waals surface area contributed by atoms with E-state index < -0.39 is 148 Å². The van der Waals surface area contributed by atoms with Crippen molar-refractivity contribution in [3.63, 3.8) is 0 Å². The molecule has 1 amide bonds. The Balaban J connectivity index is 0.000000179. The number of hydrogen-bond acceptors (Lipinski definition) is 47. The Morgan fingerprint density at radius 3 is 1.32 bits per heavy atom. The highest BCUT2D eigenvalue weighted by molar-refractivity contribution is 6.28.